The van der Waals surface area contributed by atoms with Gasteiger partial charge in [-0.25, -0.2) is 15.0 Å². The maximum absolute atomic E-state index is 13.4. The lowest BCUT2D eigenvalue weighted by Gasteiger charge is -2.63. The van der Waals surface area contributed by atoms with Gasteiger partial charge in [0.05, 0.1) is 61.5 Å². The third-order valence-corrected chi connectivity index (χ3v) is 14.3. The molecule has 0 unspecified atom stereocenters. The zero-order valence-corrected chi connectivity index (χ0v) is 41.3. The van der Waals surface area contributed by atoms with Crippen molar-refractivity contribution in [2.24, 2.45) is 10.8 Å². The van der Waals surface area contributed by atoms with E-state index < -0.39 is 0 Å². The molecule has 2 aromatic carbocycles. The van der Waals surface area contributed by atoms with Crippen molar-refractivity contribution in [3.63, 3.8) is 0 Å². The number of rotatable bonds is 20. The Balaban J connectivity index is 0.673. The molecule has 8 rings (SSSR count). The van der Waals surface area contributed by atoms with Crippen LogP contribution in [0.1, 0.15) is 95.5 Å². The fourth-order valence-corrected chi connectivity index (χ4v) is 10.9. The van der Waals surface area contributed by atoms with Gasteiger partial charge in [-0.15, -0.1) is 0 Å². The predicted molar refractivity (Wildman–Crippen MR) is 264 cm³/mol. The maximum Gasteiger partial charge on any atom is 0.254 e. The first kappa shape index (κ1) is 49.6. The van der Waals surface area contributed by atoms with E-state index in [4.69, 9.17) is 40.3 Å². The monoisotopic (exact) mass is 964 g/mol. The number of nitrogens with one attached hydrogen (secondary N) is 2. The fourth-order valence-electron chi connectivity index (χ4n) is 10.7. The average molecular weight is 966 g/mol. The van der Waals surface area contributed by atoms with E-state index in [1.54, 1.807) is 41.7 Å². The first-order valence-corrected chi connectivity index (χ1v) is 24.6. The van der Waals surface area contributed by atoms with Gasteiger partial charge in [0.1, 0.15) is 42.0 Å². The van der Waals surface area contributed by atoms with Crippen molar-refractivity contribution < 1.29 is 33.3 Å². The molecule has 0 radical (unpaired) electrons. The highest BCUT2D eigenvalue weighted by Gasteiger charge is 2.64. The molecule has 18 heteroatoms. The molecule has 3 fully saturated rings. The molecule has 2 saturated carbocycles. The van der Waals surface area contributed by atoms with Gasteiger partial charge in [0.2, 0.25) is 17.8 Å². The second-order valence-electron chi connectivity index (χ2n) is 19.4. The summed E-state index contributed by atoms with van der Waals surface area (Å²) in [7, 11) is 1.81. The normalized spacial score (nSPS) is 21.0. The van der Waals surface area contributed by atoms with Crippen LogP contribution in [0.4, 0.5) is 29.1 Å². The Morgan fingerprint density at radius 2 is 1.52 bits per heavy atom. The zero-order valence-electron chi connectivity index (χ0n) is 40.6. The molecule has 368 valence electrons. The van der Waals surface area contributed by atoms with E-state index in [2.05, 4.69) is 76.1 Å². The number of carbonyl (C=O) groups excluding carboxylic acids is 2. The van der Waals surface area contributed by atoms with E-state index in [0.717, 1.165) is 68.1 Å². The van der Waals surface area contributed by atoms with E-state index in [9.17, 15) is 14.9 Å². The number of likely N-dealkylation sites (N-methyl/N-ethyl adjacent to an activating group) is 1. The minimum Gasteiger partial charge on any atom is -0.491 e. The SMILES string of the molecule is CC[C@@H]1C(=O)N(C)c2cnc(Nc3ccc(OCCOCCOCCOC4CCN(c5ncc(C(=O)NC6C(C)(C)C(Oc7ccc(C#N)c(Cl)c7)C6(C)C)cn5)CC4)cc3)nc2N1C1CCCC1. The van der Waals surface area contributed by atoms with Gasteiger partial charge < -0.3 is 49.0 Å². The first-order valence-electron chi connectivity index (χ1n) is 24.2. The van der Waals surface area contributed by atoms with E-state index in [1.165, 1.54) is 12.8 Å². The topological polar surface area (TPSA) is 189 Å². The first-order chi connectivity index (χ1) is 33.3. The number of nitriles is 1. The summed E-state index contributed by atoms with van der Waals surface area (Å²) < 4.78 is 29.8. The van der Waals surface area contributed by atoms with Crippen molar-refractivity contribution in [3.05, 3.63) is 77.2 Å². The Labute approximate surface area is 410 Å². The second kappa shape index (κ2) is 21.9. The number of nitrogens with zero attached hydrogens (tertiary/aromatic N) is 8. The van der Waals surface area contributed by atoms with Crippen LogP contribution in [0.25, 0.3) is 0 Å². The van der Waals surface area contributed by atoms with Crippen LogP contribution in [-0.2, 0) is 19.0 Å². The number of aromatic nitrogens is 4. The predicted octanol–water partition coefficient (Wildman–Crippen LogP) is 7.75. The summed E-state index contributed by atoms with van der Waals surface area (Å²) in [5.41, 5.74) is 1.59. The summed E-state index contributed by atoms with van der Waals surface area (Å²) >= 11 is 6.25. The summed E-state index contributed by atoms with van der Waals surface area (Å²) in [6.45, 7) is 14.6. The van der Waals surface area contributed by atoms with E-state index in [-0.39, 0.29) is 46.9 Å². The third-order valence-electron chi connectivity index (χ3n) is 14.0. The van der Waals surface area contributed by atoms with Crippen LogP contribution in [0, 0.1) is 22.2 Å². The second-order valence-corrected chi connectivity index (χ2v) is 19.8. The standard InChI is InChI=1S/C51H65ClN10O7/c1-7-41-45(64)60(6)42-32-54-48(58-43(42)62(41)36-10-8-9-11-36)57-35-13-16-37(17-14-35)67-26-24-65-22-23-66-25-27-68-38-18-20-61(21-19-38)49-55-30-34(31-56-49)44(63)59-46-50(2,3)47(51(46,4)5)69-39-15-12-33(29-53)40(52)28-39/h12-17,28,30-32,36,38,41,46-47H,7-11,18-27H2,1-6H3,(H,59,63)(H,54,57,58)/t41-,46?,47?/m1/s1. The number of halogens is 1. The van der Waals surface area contributed by atoms with E-state index in [0.29, 0.717) is 79.5 Å². The third kappa shape index (κ3) is 11.1. The quantitative estimate of drug-likeness (QED) is 0.0818. The molecule has 17 nitrogen and oxygen atoms in total. The largest absolute Gasteiger partial charge is 0.491 e. The molecule has 2 N–H and O–H groups in total. The summed E-state index contributed by atoms with van der Waals surface area (Å²) in [5.74, 6) is 3.07. The van der Waals surface area contributed by atoms with Crippen LogP contribution in [0.3, 0.4) is 0 Å². The molecule has 0 bridgehead atoms. The Hall–Kier alpha value is -5.80. The van der Waals surface area contributed by atoms with Crippen molar-refractivity contribution in [1.29, 1.82) is 5.26 Å². The van der Waals surface area contributed by atoms with Crippen molar-refractivity contribution in [2.45, 2.75) is 110 Å². The van der Waals surface area contributed by atoms with Crippen molar-refractivity contribution in [3.8, 4) is 17.6 Å². The molecule has 0 spiro atoms. The van der Waals surface area contributed by atoms with Crippen LogP contribution in [-0.4, -0.2) is 122 Å². The van der Waals surface area contributed by atoms with Gasteiger partial charge >= 0.3 is 0 Å². The summed E-state index contributed by atoms with van der Waals surface area (Å²) in [4.78, 5) is 51.2. The van der Waals surface area contributed by atoms with Crippen molar-refractivity contribution in [2.75, 3.05) is 79.8 Å². The molecule has 2 aromatic heterocycles. The molecule has 1 saturated heterocycles. The lowest BCUT2D eigenvalue weighted by atomic mass is 9.49. The summed E-state index contributed by atoms with van der Waals surface area (Å²) in [6.07, 6.45) is 11.7. The highest BCUT2D eigenvalue weighted by Crippen LogP contribution is 2.55. The van der Waals surface area contributed by atoms with Crippen molar-refractivity contribution >= 4 is 52.5 Å². The Bertz CT molecular complexity index is 2420. The van der Waals surface area contributed by atoms with Crippen LogP contribution in [0.2, 0.25) is 5.02 Å². The minimum atomic E-state index is -0.386. The van der Waals surface area contributed by atoms with Crippen LogP contribution >= 0.6 is 11.6 Å². The van der Waals surface area contributed by atoms with Gasteiger partial charge in [-0.3, -0.25) is 9.59 Å². The van der Waals surface area contributed by atoms with Crippen LogP contribution < -0.4 is 34.8 Å². The highest BCUT2D eigenvalue weighted by atomic mass is 35.5. The Morgan fingerprint density at radius 1 is 0.870 bits per heavy atom. The van der Waals surface area contributed by atoms with Gasteiger partial charge in [0.15, 0.2) is 5.82 Å². The number of hydrogen-bond acceptors (Lipinski definition) is 15. The lowest BCUT2D eigenvalue weighted by molar-refractivity contribution is -0.164. The Kier molecular flexibility index (Phi) is 15.7. The van der Waals surface area contributed by atoms with Crippen LogP contribution in [0.5, 0.6) is 11.5 Å². The Morgan fingerprint density at radius 3 is 2.17 bits per heavy atom. The molecule has 4 heterocycles. The number of hydrogen-bond donors (Lipinski definition) is 2. The number of piperidine rings is 1. The molecule has 2 aliphatic heterocycles. The molecular weight excluding hydrogens is 900 g/mol. The number of ether oxygens (including phenoxy) is 5. The number of benzene rings is 2. The molecular formula is C51H65ClN10O7. The molecule has 69 heavy (non-hydrogen) atoms. The molecule has 1 atom stereocenters. The molecule has 4 aliphatic rings. The number of fused-ring (bicyclic) bond motifs is 1. The minimum absolute atomic E-state index is 0.0980. The van der Waals surface area contributed by atoms with Gasteiger partial charge in [-0.2, -0.15) is 10.2 Å². The van der Waals surface area contributed by atoms with Gasteiger partial charge in [0, 0.05) is 67.2 Å². The van der Waals surface area contributed by atoms with Gasteiger partial charge in [-0.1, -0.05) is 59.1 Å². The van der Waals surface area contributed by atoms with E-state index >= 15 is 0 Å². The highest BCUT2D eigenvalue weighted by molar-refractivity contribution is 6.31. The van der Waals surface area contributed by atoms with E-state index in [1.807, 2.05) is 31.3 Å². The zero-order chi connectivity index (χ0) is 48.7. The molecule has 2 aliphatic carbocycles. The van der Waals surface area contributed by atoms with Gasteiger partial charge in [0.25, 0.3) is 5.91 Å². The number of carbonyl (C=O) groups is 2. The maximum atomic E-state index is 13.4. The number of amides is 2. The van der Waals surface area contributed by atoms with Crippen molar-refractivity contribution in [1.82, 2.24) is 25.3 Å². The molecule has 2 amide bonds. The fraction of sp³-hybridized carbons (Fsp3) is 0.549. The average Bonchev–Trinajstić information content (AvgIpc) is 3.89. The smallest absolute Gasteiger partial charge is 0.254 e. The van der Waals surface area contributed by atoms with Crippen LogP contribution in [0.15, 0.2) is 61.1 Å². The summed E-state index contributed by atoms with van der Waals surface area (Å²) in [6, 6.07) is 14.7. The lowest BCUT2D eigenvalue weighted by Crippen LogP contribution is -2.74. The number of anilines is 5. The van der Waals surface area contributed by atoms with Gasteiger partial charge in [-0.05, 0) is 68.5 Å². The molecule has 4 aromatic rings. The summed E-state index contributed by atoms with van der Waals surface area (Å²) in [5, 5.41) is 16.1.